The number of benzene rings is 2. The topological polar surface area (TPSA) is 86.7 Å². The quantitative estimate of drug-likeness (QED) is 0.624. The lowest BCUT2D eigenvalue weighted by atomic mass is 9.91. The normalized spacial score (nSPS) is 17.3. The van der Waals surface area contributed by atoms with E-state index in [9.17, 15) is 9.90 Å². The van der Waals surface area contributed by atoms with Gasteiger partial charge in [0.25, 0.3) is 0 Å². The molecule has 2 aromatic carbocycles. The summed E-state index contributed by atoms with van der Waals surface area (Å²) in [6.45, 7) is 0.645. The molecule has 1 heterocycles. The summed E-state index contributed by atoms with van der Waals surface area (Å²) in [4.78, 5) is 14.2. The first-order valence-electron chi connectivity index (χ1n) is 10.5. The molecule has 0 saturated carbocycles. The third kappa shape index (κ3) is 4.55. The Morgan fingerprint density at radius 1 is 0.844 bits per heavy atom. The maximum atomic E-state index is 12.1. The van der Waals surface area contributed by atoms with Gasteiger partial charge in [0.1, 0.15) is 6.04 Å². The molecule has 0 amide bonds. The van der Waals surface area contributed by atoms with Crippen LogP contribution in [0.15, 0.2) is 30.3 Å². The van der Waals surface area contributed by atoms with Crippen LogP contribution in [0.1, 0.15) is 36.4 Å². The van der Waals surface area contributed by atoms with Crippen molar-refractivity contribution >= 4 is 5.97 Å². The smallest absolute Gasteiger partial charge is 0.320 e. The second kappa shape index (κ2) is 10.5. The van der Waals surface area contributed by atoms with Crippen LogP contribution >= 0.6 is 0 Å². The Kier molecular flexibility index (Phi) is 7.69. The predicted molar refractivity (Wildman–Crippen MR) is 119 cm³/mol. The van der Waals surface area contributed by atoms with Gasteiger partial charge >= 0.3 is 5.97 Å². The number of nitrogens with zero attached hydrogens (tertiary/aromatic N) is 1. The minimum Gasteiger partial charge on any atom is -0.493 e. The molecule has 0 aliphatic carbocycles. The Morgan fingerprint density at radius 2 is 1.44 bits per heavy atom. The summed E-state index contributed by atoms with van der Waals surface area (Å²) >= 11 is 0. The summed E-state index contributed by atoms with van der Waals surface area (Å²) in [6.07, 6.45) is 2.38. The van der Waals surface area contributed by atoms with E-state index in [0.717, 1.165) is 24.0 Å². The van der Waals surface area contributed by atoms with E-state index in [4.69, 9.17) is 23.7 Å². The van der Waals surface area contributed by atoms with E-state index >= 15 is 0 Å². The highest BCUT2D eigenvalue weighted by Gasteiger charge is 2.36. The Bertz CT molecular complexity index is 921. The lowest BCUT2D eigenvalue weighted by molar-refractivity contribution is -0.145. The van der Waals surface area contributed by atoms with Crippen LogP contribution in [0, 0.1) is 0 Å². The molecule has 0 radical (unpaired) electrons. The molecule has 8 heteroatoms. The number of hydrogen-bond acceptors (Lipinski definition) is 7. The third-order valence-electron chi connectivity index (χ3n) is 5.89. The number of piperidine rings is 1. The van der Waals surface area contributed by atoms with Gasteiger partial charge in [-0.25, -0.2) is 0 Å². The van der Waals surface area contributed by atoms with Crippen molar-refractivity contribution < 1.29 is 33.6 Å². The van der Waals surface area contributed by atoms with Crippen molar-refractivity contribution in [2.24, 2.45) is 0 Å². The molecular formula is C24H31NO7. The molecule has 2 aromatic rings. The van der Waals surface area contributed by atoms with E-state index in [1.807, 2.05) is 35.2 Å². The summed E-state index contributed by atoms with van der Waals surface area (Å²) in [5.41, 5.74) is 1.71. The van der Waals surface area contributed by atoms with Crippen molar-refractivity contribution in [2.45, 2.75) is 31.3 Å². The van der Waals surface area contributed by atoms with Crippen molar-refractivity contribution in [3.8, 4) is 28.7 Å². The van der Waals surface area contributed by atoms with E-state index in [2.05, 4.69) is 0 Å². The molecule has 3 rings (SSSR count). The zero-order valence-electron chi connectivity index (χ0n) is 19.2. The van der Waals surface area contributed by atoms with E-state index < -0.39 is 12.0 Å². The monoisotopic (exact) mass is 445 g/mol. The zero-order valence-corrected chi connectivity index (χ0v) is 19.2. The fourth-order valence-corrected chi connectivity index (χ4v) is 4.39. The standard InChI is InChI=1S/C24H31NO7/c1-28-18-10-9-15(12-19(18)29-2)22(25-11-7-6-8-17(25)24(26)27)16-13-20(30-3)23(32-5)21(14-16)31-4/h9-10,12-14,17,22H,6-8,11H2,1-5H3,(H,26,27). The number of ether oxygens (including phenoxy) is 5. The first kappa shape index (κ1) is 23.5. The van der Waals surface area contributed by atoms with E-state index in [1.54, 1.807) is 35.5 Å². The second-order valence-corrected chi connectivity index (χ2v) is 7.56. The molecule has 1 aliphatic heterocycles. The molecule has 1 fully saturated rings. The van der Waals surface area contributed by atoms with E-state index in [0.29, 0.717) is 41.7 Å². The van der Waals surface area contributed by atoms with Crippen LogP contribution < -0.4 is 23.7 Å². The van der Waals surface area contributed by atoms with Crippen LogP contribution in [0.25, 0.3) is 0 Å². The number of carboxylic acids is 1. The van der Waals surface area contributed by atoms with Gasteiger partial charge in [-0.3, -0.25) is 9.69 Å². The highest BCUT2D eigenvalue weighted by Crippen LogP contribution is 2.44. The molecule has 1 saturated heterocycles. The highest BCUT2D eigenvalue weighted by atomic mass is 16.5. The molecule has 174 valence electrons. The van der Waals surface area contributed by atoms with Crippen molar-refractivity contribution in [1.29, 1.82) is 0 Å². The van der Waals surface area contributed by atoms with Gasteiger partial charge < -0.3 is 28.8 Å². The summed E-state index contributed by atoms with van der Waals surface area (Å²) in [7, 11) is 7.84. The minimum absolute atomic E-state index is 0.370. The molecule has 0 bridgehead atoms. The molecule has 1 aliphatic rings. The Balaban J connectivity index is 2.23. The molecule has 32 heavy (non-hydrogen) atoms. The van der Waals surface area contributed by atoms with Crippen molar-refractivity contribution in [3.05, 3.63) is 41.5 Å². The first-order valence-corrected chi connectivity index (χ1v) is 10.5. The summed E-state index contributed by atoms with van der Waals surface area (Å²) in [5.74, 6) is 1.85. The lowest BCUT2D eigenvalue weighted by Gasteiger charge is -2.40. The van der Waals surface area contributed by atoms with Crippen LogP contribution in [-0.2, 0) is 4.79 Å². The van der Waals surface area contributed by atoms with Gasteiger partial charge in [-0.15, -0.1) is 0 Å². The van der Waals surface area contributed by atoms with Crippen LogP contribution in [0.3, 0.4) is 0 Å². The molecule has 0 aromatic heterocycles. The Morgan fingerprint density at radius 3 is 1.97 bits per heavy atom. The van der Waals surface area contributed by atoms with Crippen molar-refractivity contribution in [1.82, 2.24) is 4.90 Å². The van der Waals surface area contributed by atoms with Crippen molar-refractivity contribution in [2.75, 3.05) is 42.1 Å². The number of carboxylic acid groups (broad SMARTS) is 1. The molecular weight excluding hydrogens is 414 g/mol. The van der Waals surface area contributed by atoms with Crippen molar-refractivity contribution in [3.63, 3.8) is 0 Å². The van der Waals surface area contributed by atoms with E-state index in [1.165, 1.54) is 0 Å². The maximum absolute atomic E-state index is 12.1. The number of likely N-dealkylation sites (tertiary alicyclic amines) is 1. The summed E-state index contributed by atoms with van der Waals surface area (Å²) in [6, 6.07) is 8.42. The number of hydrogen-bond donors (Lipinski definition) is 1. The van der Waals surface area contributed by atoms with Gasteiger partial charge in [0, 0.05) is 0 Å². The fraction of sp³-hybridized carbons (Fsp3) is 0.458. The number of aliphatic carboxylic acids is 1. The Hall–Kier alpha value is -3.13. The average Bonchev–Trinajstić information content (AvgIpc) is 2.83. The fourth-order valence-electron chi connectivity index (χ4n) is 4.39. The molecule has 1 N–H and O–H groups in total. The molecule has 8 nitrogen and oxygen atoms in total. The van der Waals surface area contributed by atoms with Crippen LogP contribution in [0.2, 0.25) is 0 Å². The number of carbonyl (C=O) groups is 1. The average molecular weight is 446 g/mol. The van der Waals surface area contributed by atoms with Gasteiger partial charge in [-0.2, -0.15) is 0 Å². The number of methoxy groups -OCH3 is 5. The predicted octanol–water partition coefficient (Wildman–Crippen LogP) is 3.76. The van der Waals surface area contributed by atoms with Gasteiger partial charge in [0.05, 0.1) is 41.6 Å². The highest BCUT2D eigenvalue weighted by molar-refractivity contribution is 5.74. The van der Waals surface area contributed by atoms with Gasteiger partial charge in [-0.1, -0.05) is 12.5 Å². The SMILES string of the molecule is COc1ccc(C(c2cc(OC)c(OC)c(OC)c2)N2CCCCC2C(=O)O)cc1OC. The van der Waals surface area contributed by atoms with Crippen LogP contribution in [0.4, 0.5) is 0 Å². The zero-order chi connectivity index (χ0) is 23.3. The van der Waals surface area contributed by atoms with Crippen LogP contribution in [-0.4, -0.2) is 64.1 Å². The third-order valence-corrected chi connectivity index (χ3v) is 5.89. The molecule has 2 atom stereocenters. The minimum atomic E-state index is -0.831. The second-order valence-electron chi connectivity index (χ2n) is 7.56. The molecule has 2 unspecified atom stereocenters. The lowest BCUT2D eigenvalue weighted by Crippen LogP contribution is -2.46. The summed E-state index contributed by atoms with van der Waals surface area (Å²) < 4.78 is 27.5. The van der Waals surface area contributed by atoms with Gasteiger partial charge in [0.15, 0.2) is 23.0 Å². The molecule has 0 spiro atoms. The number of rotatable bonds is 9. The van der Waals surface area contributed by atoms with Gasteiger partial charge in [-0.05, 0) is 54.8 Å². The summed E-state index contributed by atoms with van der Waals surface area (Å²) in [5, 5.41) is 9.96. The first-order chi connectivity index (χ1) is 15.5. The van der Waals surface area contributed by atoms with Crippen LogP contribution in [0.5, 0.6) is 28.7 Å². The maximum Gasteiger partial charge on any atom is 0.320 e. The van der Waals surface area contributed by atoms with Gasteiger partial charge in [0.2, 0.25) is 5.75 Å². The largest absolute Gasteiger partial charge is 0.493 e. The van der Waals surface area contributed by atoms with E-state index in [-0.39, 0.29) is 6.04 Å². The Labute approximate surface area is 188 Å².